The van der Waals surface area contributed by atoms with Crippen molar-refractivity contribution >= 4 is 11.9 Å². The van der Waals surface area contributed by atoms with E-state index in [1.54, 1.807) is 45.6 Å². The maximum atomic E-state index is 14.6. The van der Waals surface area contributed by atoms with Gasteiger partial charge in [-0.25, -0.2) is 4.79 Å². The minimum absolute atomic E-state index is 0.0803. The molecule has 1 aromatic carbocycles. The molecule has 0 amide bonds. The molecule has 7 bridgehead atoms. The average Bonchev–Trinajstić information content (AvgIpc) is 3.65. The van der Waals surface area contributed by atoms with Crippen molar-refractivity contribution in [2.45, 2.75) is 158 Å². The lowest BCUT2D eigenvalue weighted by Gasteiger charge is -2.70. The van der Waals surface area contributed by atoms with E-state index >= 15 is 0 Å². The molecule has 1 aliphatic heterocycles. The first-order chi connectivity index (χ1) is 30.0. The molecule has 346 valence electrons. The van der Waals surface area contributed by atoms with Crippen LogP contribution in [0.25, 0.3) is 0 Å². The highest BCUT2D eigenvalue weighted by Crippen LogP contribution is 2.80. The Balaban J connectivity index is 1.20. The number of rotatable bonds is 23. The number of hydrogen-bond acceptors (Lipinski definition) is 12. The zero-order valence-corrected chi connectivity index (χ0v) is 38.1. The summed E-state index contributed by atoms with van der Waals surface area (Å²) in [5.41, 5.74) is -4.87. The van der Waals surface area contributed by atoms with Gasteiger partial charge < -0.3 is 43.7 Å². The average molecular weight is 866 g/mol. The smallest absolute Gasteiger partial charge is 0.338 e. The van der Waals surface area contributed by atoms with E-state index in [0.29, 0.717) is 31.5 Å². The number of aliphatic hydroxyl groups excluding tert-OH is 2. The van der Waals surface area contributed by atoms with Gasteiger partial charge in [0.25, 0.3) is 0 Å². The van der Waals surface area contributed by atoms with Crippen LogP contribution in [0.4, 0.5) is 0 Å². The van der Waals surface area contributed by atoms with Crippen LogP contribution in [0.2, 0.25) is 0 Å². The van der Waals surface area contributed by atoms with Gasteiger partial charge in [-0.3, -0.25) is 9.69 Å². The van der Waals surface area contributed by atoms with Crippen LogP contribution in [0.1, 0.15) is 114 Å². The maximum Gasteiger partial charge on any atom is 0.338 e. The van der Waals surface area contributed by atoms with Crippen molar-refractivity contribution in [1.29, 1.82) is 0 Å². The molecule has 5 saturated carbocycles. The molecule has 0 radical (unpaired) electrons. The first-order valence-electron chi connectivity index (χ1n) is 23.7. The monoisotopic (exact) mass is 866 g/mol. The Morgan fingerprint density at radius 3 is 2.18 bits per heavy atom. The van der Waals surface area contributed by atoms with Crippen LogP contribution < -0.4 is 0 Å². The fourth-order valence-corrected chi connectivity index (χ4v) is 14.4. The third-order valence-electron chi connectivity index (χ3n) is 16.5. The van der Waals surface area contributed by atoms with E-state index < -0.39 is 88.3 Å². The SMILES string of the molecule is CCCCCC=CCC=CCCCCCCCC(=O)O[C@]12[C@H]3[C@@H](OC(=O)c4ccccc4)[C@](O)(C[C@H]3[C@@]34[C@@H](OC)C[C@@H](O)[C@@]5(COC)CN(CC)[C@@H]3[C@@H]1[C@H](OC)[C@H]54)[C@@H](OC)[C@@H]2O. The zero-order valence-electron chi connectivity index (χ0n) is 38.1. The maximum absolute atomic E-state index is 14.6. The van der Waals surface area contributed by atoms with Gasteiger partial charge in [0.15, 0.2) is 5.60 Å². The molecule has 12 nitrogen and oxygen atoms in total. The van der Waals surface area contributed by atoms with Crippen molar-refractivity contribution in [1.82, 2.24) is 4.90 Å². The molecule has 62 heavy (non-hydrogen) atoms. The number of carbonyl (C=O) groups excluding carboxylic acids is 2. The highest BCUT2D eigenvalue weighted by atomic mass is 16.6. The van der Waals surface area contributed by atoms with Crippen LogP contribution in [0.5, 0.6) is 0 Å². The predicted molar refractivity (Wildman–Crippen MR) is 234 cm³/mol. The third-order valence-corrected chi connectivity index (χ3v) is 16.5. The summed E-state index contributed by atoms with van der Waals surface area (Å²) >= 11 is 0. The molecular weight excluding hydrogens is 791 g/mol. The summed E-state index contributed by atoms with van der Waals surface area (Å²) in [6.07, 6.45) is 15.2. The Kier molecular flexibility index (Phi) is 15.1. The fourth-order valence-electron chi connectivity index (χ4n) is 14.4. The molecule has 6 aliphatic rings. The third kappa shape index (κ3) is 7.54. The second-order valence-electron chi connectivity index (χ2n) is 19.3. The van der Waals surface area contributed by atoms with Gasteiger partial charge in [-0.15, -0.1) is 0 Å². The number of aliphatic hydroxyl groups is 3. The molecule has 1 heterocycles. The molecule has 12 heteroatoms. The summed E-state index contributed by atoms with van der Waals surface area (Å²) in [7, 11) is 6.40. The van der Waals surface area contributed by atoms with Gasteiger partial charge in [0, 0.05) is 82.5 Å². The number of carbonyl (C=O) groups is 2. The number of esters is 2. The number of methoxy groups -OCH3 is 4. The number of unbranched alkanes of at least 4 members (excludes halogenated alkanes) is 8. The lowest BCUT2D eigenvalue weighted by Crippen LogP contribution is -2.81. The second-order valence-corrected chi connectivity index (χ2v) is 19.3. The number of fused-ring (bicyclic) bond motifs is 2. The van der Waals surface area contributed by atoms with E-state index in [2.05, 4.69) is 43.1 Å². The molecule has 1 spiro atoms. The standard InChI is InChI=1S/C50H75NO11/c1-7-9-10-11-12-13-14-15-16-17-18-19-20-21-25-28-37(53)62-50-38-34(30-48(56,45(60-6)43(50)54)44(38)61-46(55)33-26-23-22-24-27-33)49-36(58-4)29-35(52)47(32-57-3)31-51(8-2)42(49)39(50)40(59-5)41(47)49/h12-13,15-16,22-24,26-27,34-36,38-45,52,54,56H,7-11,14,17-21,25,28-32H2,1-6H3/t34-,35-,36+,38-,39+,40+,41-,42-,43+,44-,45+,47+,48-,49+,50-/m1/s1. The summed E-state index contributed by atoms with van der Waals surface area (Å²) in [4.78, 5) is 31.0. The Morgan fingerprint density at radius 2 is 1.53 bits per heavy atom. The van der Waals surface area contributed by atoms with Gasteiger partial charge in [-0.05, 0) is 69.5 Å². The summed E-state index contributed by atoms with van der Waals surface area (Å²) in [5.74, 6) is -3.53. The topological polar surface area (TPSA) is 153 Å². The quantitative estimate of drug-likeness (QED) is 0.0631. The fraction of sp³-hybridized carbons (Fsp3) is 0.760. The van der Waals surface area contributed by atoms with E-state index in [-0.39, 0.29) is 31.4 Å². The van der Waals surface area contributed by atoms with E-state index in [1.165, 1.54) is 26.4 Å². The molecule has 5 aliphatic carbocycles. The van der Waals surface area contributed by atoms with Gasteiger partial charge in [0.1, 0.15) is 23.9 Å². The van der Waals surface area contributed by atoms with Gasteiger partial charge in [0.2, 0.25) is 0 Å². The van der Waals surface area contributed by atoms with Gasteiger partial charge in [0.05, 0.1) is 30.5 Å². The second kappa shape index (κ2) is 19.8. The Hall–Kier alpha value is -2.68. The zero-order chi connectivity index (χ0) is 44.3. The predicted octanol–water partition coefficient (Wildman–Crippen LogP) is 6.44. The van der Waals surface area contributed by atoms with Crippen molar-refractivity contribution in [3.05, 3.63) is 60.2 Å². The van der Waals surface area contributed by atoms with Crippen LogP contribution >= 0.6 is 0 Å². The number of likely N-dealkylation sites (tertiary alicyclic amines) is 1. The molecule has 0 unspecified atom stereocenters. The van der Waals surface area contributed by atoms with Crippen molar-refractivity contribution < 1.29 is 53.3 Å². The van der Waals surface area contributed by atoms with Crippen LogP contribution in [-0.2, 0) is 33.2 Å². The minimum atomic E-state index is -1.85. The molecular formula is C50H75NO11. The Morgan fingerprint density at radius 1 is 0.839 bits per heavy atom. The van der Waals surface area contributed by atoms with Gasteiger partial charge >= 0.3 is 11.9 Å². The lowest BCUT2D eigenvalue weighted by molar-refractivity contribution is -0.323. The van der Waals surface area contributed by atoms with Crippen LogP contribution in [0.15, 0.2) is 54.6 Å². The van der Waals surface area contributed by atoms with Crippen molar-refractivity contribution in [3.8, 4) is 0 Å². The number of piperidine rings is 1. The first-order valence-corrected chi connectivity index (χ1v) is 23.7. The molecule has 15 atom stereocenters. The van der Waals surface area contributed by atoms with E-state index in [9.17, 15) is 24.9 Å². The Bertz CT molecular complexity index is 1720. The van der Waals surface area contributed by atoms with Crippen LogP contribution in [0, 0.1) is 34.5 Å². The number of hydrogen-bond donors (Lipinski definition) is 3. The summed E-state index contributed by atoms with van der Waals surface area (Å²) in [5, 5.41) is 38.4. The normalized spacial score (nSPS) is 40.4. The van der Waals surface area contributed by atoms with E-state index in [1.807, 2.05) is 6.07 Å². The summed E-state index contributed by atoms with van der Waals surface area (Å²) < 4.78 is 38.7. The van der Waals surface area contributed by atoms with Crippen LogP contribution in [-0.4, -0.2) is 134 Å². The minimum Gasteiger partial charge on any atom is -0.455 e. The number of nitrogens with zero attached hydrogens (tertiary/aromatic N) is 1. The first kappa shape index (κ1) is 47.3. The molecule has 1 aromatic rings. The van der Waals surface area contributed by atoms with E-state index in [4.69, 9.17) is 28.4 Å². The molecule has 3 N–H and O–H groups in total. The van der Waals surface area contributed by atoms with Crippen molar-refractivity contribution in [2.24, 2.45) is 34.5 Å². The summed E-state index contributed by atoms with van der Waals surface area (Å²) in [6.45, 7) is 5.63. The number of ether oxygens (including phenoxy) is 6. The highest BCUT2D eigenvalue weighted by molar-refractivity contribution is 5.89. The molecule has 1 saturated heterocycles. The van der Waals surface area contributed by atoms with E-state index in [0.717, 1.165) is 44.9 Å². The molecule has 0 aromatic heterocycles. The van der Waals surface area contributed by atoms with Gasteiger partial charge in [-0.1, -0.05) is 88.5 Å². The number of allylic oxidation sites excluding steroid dienone is 4. The molecule has 6 fully saturated rings. The molecule has 7 rings (SSSR count). The lowest BCUT2D eigenvalue weighted by atomic mass is 9.42. The van der Waals surface area contributed by atoms with Crippen molar-refractivity contribution in [3.63, 3.8) is 0 Å². The highest BCUT2D eigenvalue weighted by Gasteiger charge is 2.92. The van der Waals surface area contributed by atoms with Crippen molar-refractivity contribution in [2.75, 3.05) is 48.1 Å². The van der Waals surface area contributed by atoms with Crippen LogP contribution in [0.3, 0.4) is 0 Å². The Labute approximate surface area is 369 Å². The van der Waals surface area contributed by atoms with Gasteiger partial charge in [-0.2, -0.15) is 0 Å². The summed E-state index contributed by atoms with van der Waals surface area (Å²) in [6, 6.07) is 8.29. The largest absolute Gasteiger partial charge is 0.455 e. The number of benzene rings is 1.